The summed E-state index contributed by atoms with van der Waals surface area (Å²) in [6.45, 7) is 1.06. The Bertz CT molecular complexity index is 897. The lowest BCUT2D eigenvalue weighted by atomic mass is 10.0. The fourth-order valence-electron chi connectivity index (χ4n) is 2.96. The van der Waals surface area contributed by atoms with Crippen LogP contribution in [0.25, 0.3) is 21.2 Å². The maximum Gasteiger partial charge on any atom is 0.132 e. The summed E-state index contributed by atoms with van der Waals surface area (Å²) in [5.74, 6) is 7.20. The van der Waals surface area contributed by atoms with Crippen molar-refractivity contribution in [2.24, 2.45) is 0 Å². The van der Waals surface area contributed by atoms with Crippen LogP contribution in [0.3, 0.4) is 0 Å². The van der Waals surface area contributed by atoms with Gasteiger partial charge in [0.2, 0.25) is 0 Å². The minimum atomic E-state index is 0.302. The fraction of sp³-hybridized carbons (Fsp3) is 0.211. The molecule has 114 valence electrons. The van der Waals surface area contributed by atoms with Crippen molar-refractivity contribution in [3.05, 3.63) is 47.5 Å². The lowest BCUT2D eigenvalue weighted by molar-refractivity contribution is 0.749. The summed E-state index contributed by atoms with van der Waals surface area (Å²) in [6, 6.07) is 10.6. The van der Waals surface area contributed by atoms with Gasteiger partial charge in [-0.15, -0.1) is 11.3 Å². The standard InChI is InChI=1S/C19H17N3S/c20-19-17-16(13-5-2-1-3-6-13)12-23-18(17)14(11-22-19)8-9-15-7-4-10-21-15/h1-3,5-6,11-12,15,21H,4,7,10H2,(H2,20,22)/t15-/m0/s1. The lowest BCUT2D eigenvalue weighted by Crippen LogP contribution is -2.18. The van der Waals surface area contributed by atoms with Crippen LogP contribution in [0.4, 0.5) is 5.82 Å². The third-order valence-corrected chi connectivity index (χ3v) is 5.16. The zero-order valence-electron chi connectivity index (χ0n) is 12.7. The summed E-state index contributed by atoms with van der Waals surface area (Å²) < 4.78 is 1.13. The minimum absolute atomic E-state index is 0.302. The van der Waals surface area contributed by atoms with Gasteiger partial charge in [-0.05, 0) is 30.3 Å². The van der Waals surface area contributed by atoms with Crippen LogP contribution in [0.15, 0.2) is 41.9 Å². The Balaban J connectivity index is 1.82. The van der Waals surface area contributed by atoms with Gasteiger partial charge in [0.25, 0.3) is 0 Å². The number of pyridine rings is 1. The maximum atomic E-state index is 6.16. The van der Waals surface area contributed by atoms with Crippen LogP contribution in [0, 0.1) is 11.8 Å². The van der Waals surface area contributed by atoms with Gasteiger partial charge in [-0.3, -0.25) is 0 Å². The molecule has 0 radical (unpaired) electrons. The number of hydrogen-bond acceptors (Lipinski definition) is 4. The molecular weight excluding hydrogens is 302 g/mol. The molecule has 1 aliphatic rings. The molecule has 2 aromatic heterocycles. The highest BCUT2D eigenvalue weighted by Crippen LogP contribution is 2.38. The van der Waals surface area contributed by atoms with E-state index in [9.17, 15) is 0 Å². The summed E-state index contributed by atoms with van der Waals surface area (Å²) in [6.07, 6.45) is 4.12. The van der Waals surface area contributed by atoms with E-state index >= 15 is 0 Å². The molecule has 23 heavy (non-hydrogen) atoms. The molecule has 3 heterocycles. The van der Waals surface area contributed by atoms with Gasteiger partial charge in [0.15, 0.2) is 0 Å². The number of thiophene rings is 1. The topological polar surface area (TPSA) is 50.9 Å². The van der Waals surface area contributed by atoms with Crippen LogP contribution in [0.5, 0.6) is 0 Å². The van der Waals surface area contributed by atoms with Crippen molar-refractivity contribution in [2.75, 3.05) is 12.3 Å². The van der Waals surface area contributed by atoms with Gasteiger partial charge in [-0.25, -0.2) is 4.98 Å². The van der Waals surface area contributed by atoms with E-state index in [1.807, 2.05) is 18.2 Å². The van der Waals surface area contributed by atoms with Gasteiger partial charge in [0, 0.05) is 17.1 Å². The Kier molecular flexibility index (Phi) is 3.74. The number of fused-ring (bicyclic) bond motifs is 1. The van der Waals surface area contributed by atoms with E-state index in [0.717, 1.165) is 39.7 Å². The summed E-state index contributed by atoms with van der Waals surface area (Å²) in [4.78, 5) is 4.37. The molecule has 4 rings (SSSR count). The third kappa shape index (κ3) is 2.70. The van der Waals surface area contributed by atoms with Gasteiger partial charge in [-0.2, -0.15) is 0 Å². The minimum Gasteiger partial charge on any atom is -0.383 e. The number of nitrogens with one attached hydrogen (secondary N) is 1. The van der Waals surface area contributed by atoms with E-state index in [-0.39, 0.29) is 0 Å². The van der Waals surface area contributed by atoms with Crippen molar-refractivity contribution in [2.45, 2.75) is 18.9 Å². The molecule has 1 saturated heterocycles. The quantitative estimate of drug-likeness (QED) is 0.673. The van der Waals surface area contributed by atoms with Crippen LogP contribution < -0.4 is 11.1 Å². The van der Waals surface area contributed by atoms with Crippen LogP contribution in [-0.4, -0.2) is 17.6 Å². The number of nitrogens with zero attached hydrogens (tertiary/aromatic N) is 1. The monoisotopic (exact) mass is 319 g/mol. The summed E-state index contributed by atoms with van der Waals surface area (Å²) >= 11 is 1.69. The molecule has 0 saturated carbocycles. The van der Waals surface area contributed by atoms with E-state index in [1.54, 1.807) is 17.5 Å². The van der Waals surface area contributed by atoms with E-state index in [2.05, 4.69) is 39.7 Å². The molecule has 0 amide bonds. The Morgan fingerprint density at radius 1 is 1.26 bits per heavy atom. The van der Waals surface area contributed by atoms with Gasteiger partial charge in [0.1, 0.15) is 5.82 Å². The van der Waals surface area contributed by atoms with Crippen molar-refractivity contribution in [1.29, 1.82) is 0 Å². The van der Waals surface area contributed by atoms with Crippen LogP contribution in [0.2, 0.25) is 0 Å². The normalized spacial score (nSPS) is 17.1. The predicted octanol–water partition coefficient (Wildman–Crippen LogP) is 3.65. The number of benzene rings is 1. The number of aromatic nitrogens is 1. The van der Waals surface area contributed by atoms with Gasteiger partial charge >= 0.3 is 0 Å². The SMILES string of the molecule is Nc1ncc(C#C[C@@H]2CCCN2)c2scc(-c3ccccc3)c12. The fourth-order valence-corrected chi connectivity index (χ4v) is 4.01. The molecule has 0 spiro atoms. The van der Waals surface area contributed by atoms with Gasteiger partial charge < -0.3 is 11.1 Å². The smallest absolute Gasteiger partial charge is 0.132 e. The number of hydrogen-bond donors (Lipinski definition) is 2. The first kappa shape index (κ1) is 14.3. The van der Waals surface area contributed by atoms with Crippen LogP contribution >= 0.6 is 11.3 Å². The number of nitrogens with two attached hydrogens (primary N) is 1. The van der Waals surface area contributed by atoms with Crippen molar-refractivity contribution < 1.29 is 0 Å². The number of anilines is 1. The largest absolute Gasteiger partial charge is 0.383 e. The Morgan fingerprint density at radius 2 is 2.13 bits per heavy atom. The van der Waals surface area contributed by atoms with Crippen LogP contribution in [0.1, 0.15) is 18.4 Å². The van der Waals surface area contributed by atoms with E-state index < -0.39 is 0 Å². The zero-order chi connectivity index (χ0) is 15.6. The molecule has 1 atom stereocenters. The van der Waals surface area contributed by atoms with Gasteiger partial charge in [-0.1, -0.05) is 42.2 Å². The third-order valence-electron chi connectivity index (χ3n) is 4.15. The molecule has 3 aromatic rings. The first-order chi connectivity index (χ1) is 11.3. The molecular formula is C19H17N3S. The maximum absolute atomic E-state index is 6.16. The molecule has 3 N–H and O–H groups in total. The predicted molar refractivity (Wildman–Crippen MR) is 97.4 cm³/mol. The van der Waals surface area contributed by atoms with E-state index in [1.165, 1.54) is 6.42 Å². The Labute approximate surface area is 139 Å². The lowest BCUT2D eigenvalue weighted by Gasteiger charge is -2.03. The first-order valence-corrected chi connectivity index (χ1v) is 8.67. The number of rotatable bonds is 1. The second-order valence-corrected chi connectivity index (χ2v) is 6.57. The average molecular weight is 319 g/mol. The van der Waals surface area contributed by atoms with Gasteiger partial charge in [0.05, 0.1) is 16.3 Å². The van der Waals surface area contributed by atoms with Crippen molar-refractivity contribution in [3.8, 4) is 23.0 Å². The van der Waals surface area contributed by atoms with Crippen LogP contribution in [-0.2, 0) is 0 Å². The summed E-state index contributed by atoms with van der Waals surface area (Å²) in [5, 5.41) is 6.57. The van der Waals surface area contributed by atoms with E-state index in [4.69, 9.17) is 5.73 Å². The summed E-state index contributed by atoms with van der Waals surface area (Å²) in [7, 11) is 0. The highest BCUT2D eigenvalue weighted by Gasteiger charge is 2.14. The number of nitrogen functional groups attached to an aromatic ring is 1. The highest BCUT2D eigenvalue weighted by molar-refractivity contribution is 7.18. The molecule has 0 aliphatic carbocycles. The molecule has 1 fully saturated rings. The first-order valence-electron chi connectivity index (χ1n) is 7.79. The Hall–Kier alpha value is -2.35. The summed E-state index contributed by atoms with van der Waals surface area (Å²) in [5.41, 5.74) is 9.43. The molecule has 0 bridgehead atoms. The second kappa shape index (κ2) is 6.04. The molecule has 0 unspecified atom stereocenters. The Morgan fingerprint density at radius 3 is 2.91 bits per heavy atom. The molecule has 1 aromatic carbocycles. The van der Waals surface area contributed by atoms with Crippen molar-refractivity contribution in [3.63, 3.8) is 0 Å². The average Bonchev–Trinajstić information content (AvgIpc) is 3.25. The highest BCUT2D eigenvalue weighted by atomic mass is 32.1. The van der Waals surface area contributed by atoms with Crippen molar-refractivity contribution >= 4 is 27.2 Å². The molecule has 4 heteroatoms. The molecule has 3 nitrogen and oxygen atoms in total. The zero-order valence-corrected chi connectivity index (χ0v) is 13.5. The molecule has 1 aliphatic heterocycles. The van der Waals surface area contributed by atoms with Crippen molar-refractivity contribution in [1.82, 2.24) is 10.3 Å². The van der Waals surface area contributed by atoms with E-state index in [0.29, 0.717) is 11.9 Å². The second-order valence-electron chi connectivity index (χ2n) is 5.69.